The molecule has 96 valence electrons. The summed E-state index contributed by atoms with van der Waals surface area (Å²) in [5, 5.41) is 3.32. The Bertz CT molecular complexity index is 456. The summed E-state index contributed by atoms with van der Waals surface area (Å²) in [6.45, 7) is 3.89. The van der Waals surface area contributed by atoms with Gasteiger partial charge in [-0.25, -0.2) is 0 Å². The number of hydrogen-bond donors (Lipinski definition) is 1. The molecule has 0 aromatic heterocycles. The number of carbonyl (C=O) groups is 1. The zero-order valence-electron chi connectivity index (χ0n) is 11.0. The lowest BCUT2D eigenvalue weighted by Crippen LogP contribution is -2.31. The Morgan fingerprint density at radius 2 is 2.11 bits per heavy atom. The van der Waals surface area contributed by atoms with Crippen LogP contribution in [0, 0.1) is 5.41 Å². The highest BCUT2D eigenvalue weighted by molar-refractivity contribution is 6.02. The van der Waals surface area contributed by atoms with Gasteiger partial charge in [0, 0.05) is 17.5 Å². The third-order valence-corrected chi connectivity index (χ3v) is 4.67. The zero-order chi connectivity index (χ0) is 12.6. The second kappa shape index (κ2) is 4.51. The van der Waals surface area contributed by atoms with E-state index in [-0.39, 0.29) is 5.41 Å². The van der Waals surface area contributed by atoms with Crippen LogP contribution in [0.25, 0.3) is 0 Å². The molecule has 0 bridgehead atoms. The highest BCUT2D eigenvalue weighted by Crippen LogP contribution is 2.40. The summed E-state index contributed by atoms with van der Waals surface area (Å²) in [6, 6.07) is 8.25. The van der Waals surface area contributed by atoms with E-state index in [2.05, 4.69) is 24.4 Å². The van der Waals surface area contributed by atoms with Crippen LogP contribution in [0.4, 0.5) is 0 Å². The predicted octanol–water partition coefficient (Wildman–Crippen LogP) is 3.14. The van der Waals surface area contributed by atoms with Gasteiger partial charge in [-0.15, -0.1) is 0 Å². The van der Waals surface area contributed by atoms with Crippen LogP contribution in [0.5, 0.6) is 0 Å². The molecule has 1 saturated carbocycles. The maximum Gasteiger partial charge on any atom is 0.170 e. The monoisotopic (exact) mass is 243 g/mol. The van der Waals surface area contributed by atoms with E-state index in [1.165, 1.54) is 24.8 Å². The Morgan fingerprint density at radius 3 is 2.72 bits per heavy atom. The fraction of sp³-hybridized carbons (Fsp3) is 0.562. The highest BCUT2D eigenvalue weighted by atomic mass is 16.1. The topological polar surface area (TPSA) is 29.1 Å². The third-order valence-electron chi connectivity index (χ3n) is 4.67. The van der Waals surface area contributed by atoms with Gasteiger partial charge in [-0.3, -0.25) is 4.79 Å². The minimum Gasteiger partial charge on any atom is -0.316 e. The summed E-state index contributed by atoms with van der Waals surface area (Å²) >= 11 is 0. The molecular weight excluding hydrogens is 222 g/mol. The molecule has 2 fully saturated rings. The maximum absolute atomic E-state index is 12.8. The Labute approximate surface area is 109 Å². The third kappa shape index (κ3) is 1.89. The van der Waals surface area contributed by atoms with E-state index in [1.54, 1.807) is 0 Å². The van der Waals surface area contributed by atoms with Crippen molar-refractivity contribution in [2.75, 3.05) is 13.1 Å². The highest BCUT2D eigenvalue weighted by Gasteiger charge is 2.38. The van der Waals surface area contributed by atoms with E-state index < -0.39 is 0 Å². The van der Waals surface area contributed by atoms with Crippen molar-refractivity contribution in [3.05, 3.63) is 35.4 Å². The Morgan fingerprint density at radius 1 is 1.33 bits per heavy atom. The molecule has 1 saturated heterocycles. The van der Waals surface area contributed by atoms with Crippen molar-refractivity contribution in [2.45, 2.75) is 38.5 Å². The minimum absolute atomic E-state index is 0.195. The van der Waals surface area contributed by atoms with Crippen molar-refractivity contribution in [3.8, 4) is 0 Å². The lowest BCUT2D eigenvalue weighted by atomic mass is 9.74. The van der Waals surface area contributed by atoms with Crippen molar-refractivity contribution in [2.24, 2.45) is 5.41 Å². The molecule has 1 aromatic carbocycles. The van der Waals surface area contributed by atoms with Crippen molar-refractivity contribution in [3.63, 3.8) is 0 Å². The quantitative estimate of drug-likeness (QED) is 0.826. The molecule has 2 aliphatic rings. The summed E-state index contributed by atoms with van der Waals surface area (Å²) in [7, 11) is 0. The molecule has 0 amide bonds. The second-order valence-corrected chi connectivity index (χ2v) is 6.03. The number of carbonyl (C=O) groups excluding carboxylic acids is 1. The van der Waals surface area contributed by atoms with Crippen molar-refractivity contribution in [1.82, 2.24) is 5.32 Å². The first-order valence-corrected chi connectivity index (χ1v) is 7.05. The molecule has 2 heteroatoms. The smallest absolute Gasteiger partial charge is 0.170 e. The lowest BCUT2D eigenvalue weighted by molar-refractivity contribution is 0.0837. The van der Waals surface area contributed by atoms with Gasteiger partial charge >= 0.3 is 0 Å². The van der Waals surface area contributed by atoms with Crippen LogP contribution < -0.4 is 5.32 Å². The fourth-order valence-corrected chi connectivity index (χ4v) is 3.11. The Kier molecular flexibility index (Phi) is 2.98. The molecule has 1 aliphatic heterocycles. The fourth-order valence-electron chi connectivity index (χ4n) is 3.11. The minimum atomic E-state index is -0.195. The predicted molar refractivity (Wildman–Crippen MR) is 73.0 cm³/mol. The molecule has 1 aromatic rings. The van der Waals surface area contributed by atoms with Crippen LogP contribution in [0.15, 0.2) is 24.3 Å². The van der Waals surface area contributed by atoms with E-state index in [9.17, 15) is 4.79 Å². The standard InChI is InChI=1S/C16H21NO/c1-16(9-10-17-11-16)15(18)14-8-3-2-7-13(14)12-5-4-6-12/h2-3,7-8,12,17H,4-6,9-11H2,1H3. The van der Waals surface area contributed by atoms with Gasteiger partial charge in [0.25, 0.3) is 0 Å². The Hall–Kier alpha value is -1.15. The summed E-state index contributed by atoms with van der Waals surface area (Å²) < 4.78 is 0. The molecule has 1 unspecified atom stereocenters. The van der Waals surface area contributed by atoms with Gasteiger partial charge in [-0.2, -0.15) is 0 Å². The molecule has 1 aliphatic carbocycles. The van der Waals surface area contributed by atoms with Crippen molar-refractivity contribution < 1.29 is 4.79 Å². The number of rotatable bonds is 3. The van der Waals surface area contributed by atoms with Crippen LogP contribution >= 0.6 is 0 Å². The summed E-state index contributed by atoms with van der Waals surface area (Å²) in [6.07, 6.45) is 4.77. The SMILES string of the molecule is CC1(C(=O)c2ccccc2C2CCC2)CCNC1. The van der Waals surface area contributed by atoms with Gasteiger partial charge in [0.05, 0.1) is 0 Å². The summed E-state index contributed by atoms with van der Waals surface area (Å²) in [5.41, 5.74) is 2.08. The van der Waals surface area contributed by atoms with E-state index in [0.717, 1.165) is 25.1 Å². The first-order chi connectivity index (χ1) is 8.71. The van der Waals surface area contributed by atoms with Crippen LogP contribution in [0.3, 0.4) is 0 Å². The van der Waals surface area contributed by atoms with Gasteiger partial charge in [0.2, 0.25) is 0 Å². The molecule has 1 heterocycles. The van der Waals surface area contributed by atoms with E-state index in [1.807, 2.05) is 12.1 Å². The van der Waals surface area contributed by atoms with Gasteiger partial charge < -0.3 is 5.32 Å². The van der Waals surface area contributed by atoms with E-state index in [0.29, 0.717) is 11.7 Å². The molecule has 0 spiro atoms. The largest absolute Gasteiger partial charge is 0.316 e. The number of ketones is 1. The van der Waals surface area contributed by atoms with Gasteiger partial charge in [-0.1, -0.05) is 37.6 Å². The summed E-state index contributed by atoms with van der Waals surface area (Å²) in [5.74, 6) is 0.970. The molecule has 18 heavy (non-hydrogen) atoms. The first kappa shape index (κ1) is 11.9. The number of benzene rings is 1. The summed E-state index contributed by atoms with van der Waals surface area (Å²) in [4.78, 5) is 12.8. The van der Waals surface area contributed by atoms with E-state index >= 15 is 0 Å². The zero-order valence-corrected chi connectivity index (χ0v) is 11.0. The average Bonchev–Trinajstić information content (AvgIpc) is 2.75. The van der Waals surface area contributed by atoms with Crippen LogP contribution in [0.2, 0.25) is 0 Å². The molecule has 3 rings (SSSR count). The van der Waals surface area contributed by atoms with Gasteiger partial charge in [0.15, 0.2) is 5.78 Å². The molecule has 1 atom stereocenters. The Balaban J connectivity index is 1.93. The van der Waals surface area contributed by atoms with Crippen LogP contribution in [0.1, 0.15) is 54.4 Å². The number of Topliss-reactive ketones (excluding diaryl/α,β-unsaturated/α-hetero) is 1. The normalized spacial score (nSPS) is 28.1. The molecule has 0 radical (unpaired) electrons. The second-order valence-electron chi connectivity index (χ2n) is 6.03. The van der Waals surface area contributed by atoms with Crippen LogP contribution in [-0.2, 0) is 0 Å². The molecular formula is C16H21NO. The van der Waals surface area contributed by atoms with Crippen molar-refractivity contribution in [1.29, 1.82) is 0 Å². The van der Waals surface area contributed by atoms with E-state index in [4.69, 9.17) is 0 Å². The lowest BCUT2D eigenvalue weighted by Gasteiger charge is -2.30. The van der Waals surface area contributed by atoms with Crippen molar-refractivity contribution >= 4 is 5.78 Å². The number of nitrogens with one attached hydrogen (secondary N) is 1. The first-order valence-electron chi connectivity index (χ1n) is 7.05. The van der Waals surface area contributed by atoms with Gasteiger partial charge in [-0.05, 0) is 37.3 Å². The van der Waals surface area contributed by atoms with Crippen LogP contribution in [-0.4, -0.2) is 18.9 Å². The van der Waals surface area contributed by atoms with Gasteiger partial charge in [0.1, 0.15) is 0 Å². The average molecular weight is 243 g/mol. The molecule has 2 nitrogen and oxygen atoms in total. The maximum atomic E-state index is 12.8. The molecule has 1 N–H and O–H groups in total. The number of hydrogen-bond acceptors (Lipinski definition) is 2.